The molecule has 0 radical (unpaired) electrons. The van der Waals surface area contributed by atoms with Gasteiger partial charge < -0.3 is 9.13 Å². The van der Waals surface area contributed by atoms with E-state index in [1.54, 1.807) is 0 Å². The van der Waals surface area contributed by atoms with Crippen molar-refractivity contribution in [3.63, 3.8) is 0 Å². The Bertz CT molecular complexity index is 3430. The van der Waals surface area contributed by atoms with Gasteiger partial charge in [0.05, 0.1) is 33.5 Å². The Morgan fingerprint density at radius 1 is 0.323 bits per heavy atom. The Morgan fingerprint density at radius 2 is 0.823 bits per heavy atom. The lowest BCUT2D eigenvalue weighted by molar-refractivity contribution is 0.885. The average molecular weight is 795 g/mol. The minimum atomic E-state index is 0.811. The van der Waals surface area contributed by atoms with Gasteiger partial charge >= 0.3 is 0 Å². The maximum atomic E-state index is 5.10. The molecule has 0 bridgehead atoms. The van der Waals surface area contributed by atoms with E-state index in [-0.39, 0.29) is 0 Å². The number of aromatic nitrogens is 4. The van der Waals surface area contributed by atoms with E-state index in [0.717, 1.165) is 54.0 Å². The van der Waals surface area contributed by atoms with E-state index in [9.17, 15) is 0 Å². The van der Waals surface area contributed by atoms with Crippen LogP contribution < -0.4 is 0 Å². The van der Waals surface area contributed by atoms with Crippen LogP contribution >= 0.6 is 0 Å². The molecule has 0 fully saturated rings. The number of hydrogen-bond acceptors (Lipinski definition) is 2. The van der Waals surface area contributed by atoms with E-state index >= 15 is 0 Å². The summed E-state index contributed by atoms with van der Waals surface area (Å²) in [4.78, 5) is 10.2. The molecule has 4 nitrogen and oxygen atoms in total. The van der Waals surface area contributed by atoms with Crippen LogP contribution in [-0.2, 0) is 0 Å². The molecule has 0 atom stereocenters. The Labute approximate surface area is 360 Å². The van der Waals surface area contributed by atoms with Crippen LogP contribution in [-0.4, -0.2) is 19.1 Å². The summed E-state index contributed by atoms with van der Waals surface area (Å²) < 4.78 is 4.89. The zero-order valence-corrected chi connectivity index (χ0v) is 34.2. The highest BCUT2D eigenvalue weighted by molar-refractivity contribution is 6.13. The van der Waals surface area contributed by atoms with Gasteiger partial charge in [0.25, 0.3) is 0 Å². The Hall–Kier alpha value is -7.82. The third-order valence-electron chi connectivity index (χ3n) is 12.8. The predicted octanol–water partition coefficient (Wildman–Crippen LogP) is 15.0. The largest absolute Gasteiger partial charge is 0.313 e. The SMILES string of the molecule is C1=C(C2=CC=C(n3c4ccccc4c4cc(-c5ccc6c7ccccc7n(-c7ccccc7)c6c5)ccc43)CC2)CCC(c2nc(-c3ccccc3)cc(-c3ccccc3)n2)=C1. The van der Waals surface area contributed by atoms with Gasteiger partial charge in [0.15, 0.2) is 5.82 Å². The van der Waals surface area contributed by atoms with Crippen molar-refractivity contribution in [1.82, 2.24) is 19.1 Å². The molecule has 3 aromatic heterocycles. The van der Waals surface area contributed by atoms with Crippen LogP contribution in [0.4, 0.5) is 0 Å². The first-order valence-corrected chi connectivity index (χ1v) is 21.7. The topological polar surface area (TPSA) is 35.6 Å². The van der Waals surface area contributed by atoms with Gasteiger partial charge in [-0.05, 0) is 108 Å². The van der Waals surface area contributed by atoms with Crippen LogP contribution in [0.5, 0.6) is 0 Å². The molecule has 0 spiro atoms. The van der Waals surface area contributed by atoms with Crippen molar-refractivity contribution in [2.75, 3.05) is 0 Å². The maximum Gasteiger partial charge on any atom is 0.156 e. The standard InChI is InChI=1S/C58H42N4/c1-4-14-41(15-5-1)52-38-53(42-16-6-2-7-17-42)60-58(59-52)43-26-24-39(25-27-43)40-28-32-47(33-29-40)61-55-23-13-11-21-49(55)51-36-44(31-35-56(51)61)45-30-34-50-48-20-10-12-22-54(48)62(57(50)37-45)46-18-8-3-9-19-46/h1-24,26,28,30-32,34-38H,25,27,29,33H2. The molecule has 0 amide bonds. The average Bonchev–Trinajstić information content (AvgIpc) is 3.87. The van der Waals surface area contributed by atoms with Gasteiger partial charge in [0, 0.05) is 44.1 Å². The van der Waals surface area contributed by atoms with Crippen LogP contribution in [0.1, 0.15) is 31.5 Å². The van der Waals surface area contributed by atoms with Gasteiger partial charge in [-0.25, -0.2) is 9.97 Å². The van der Waals surface area contributed by atoms with Gasteiger partial charge in [-0.3, -0.25) is 0 Å². The molecule has 0 unspecified atom stereocenters. The van der Waals surface area contributed by atoms with Gasteiger partial charge in [0.1, 0.15) is 0 Å². The molecule has 4 heteroatoms. The number of fused-ring (bicyclic) bond motifs is 6. The molecule has 2 aliphatic rings. The summed E-state index contributed by atoms with van der Waals surface area (Å²) in [5.41, 5.74) is 18.0. The van der Waals surface area contributed by atoms with Gasteiger partial charge in [-0.2, -0.15) is 0 Å². The van der Waals surface area contributed by atoms with Crippen LogP contribution in [0, 0.1) is 0 Å². The predicted molar refractivity (Wildman–Crippen MR) is 259 cm³/mol. The second-order valence-corrected chi connectivity index (χ2v) is 16.4. The number of benzene rings is 7. The highest BCUT2D eigenvalue weighted by Crippen LogP contribution is 2.41. The molecule has 62 heavy (non-hydrogen) atoms. The summed E-state index contributed by atoms with van der Waals surface area (Å²) in [7, 11) is 0. The highest BCUT2D eigenvalue weighted by atomic mass is 15.0. The Balaban J connectivity index is 0.881. The molecule has 0 N–H and O–H groups in total. The van der Waals surface area contributed by atoms with E-state index in [2.05, 4.69) is 203 Å². The number of rotatable bonds is 7. The first-order chi connectivity index (χ1) is 30.7. The van der Waals surface area contributed by atoms with Crippen molar-refractivity contribution in [2.45, 2.75) is 25.7 Å². The molecule has 2 aliphatic carbocycles. The Kier molecular flexibility index (Phi) is 8.74. The smallest absolute Gasteiger partial charge is 0.156 e. The summed E-state index contributed by atoms with van der Waals surface area (Å²) >= 11 is 0. The summed E-state index contributed by atoms with van der Waals surface area (Å²) in [6.07, 6.45) is 13.1. The van der Waals surface area contributed by atoms with Crippen molar-refractivity contribution >= 4 is 54.9 Å². The van der Waals surface area contributed by atoms with Crippen molar-refractivity contribution < 1.29 is 0 Å². The maximum absolute atomic E-state index is 5.10. The third-order valence-corrected chi connectivity index (χ3v) is 12.8. The molecule has 0 saturated heterocycles. The lowest BCUT2D eigenvalue weighted by Gasteiger charge is -2.22. The molecular formula is C58H42N4. The quantitative estimate of drug-likeness (QED) is 0.161. The van der Waals surface area contributed by atoms with E-state index in [1.165, 1.54) is 82.8 Å². The molecule has 7 aromatic carbocycles. The molecule has 0 aliphatic heterocycles. The lowest BCUT2D eigenvalue weighted by Crippen LogP contribution is -2.05. The second kappa shape index (κ2) is 15.0. The summed E-state index contributed by atoms with van der Waals surface area (Å²) in [6.45, 7) is 0. The van der Waals surface area contributed by atoms with E-state index < -0.39 is 0 Å². The molecule has 12 rings (SSSR count). The van der Waals surface area contributed by atoms with Crippen molar-refractivity contribution in [3.8, 4) is 39.3 Å². The van der Waals surface area contributed by atoms with Crippen LogP contribution in [0.3, 0.4) is 0 Å². The zero-order chi connectivity index (χ0) is 41.0. The monoisotopic (exact) mass is 794 g/mol. The zero-order valence-electron chi connectivity index (χ0n) is 34.2. The van der Waals surface area contributed by atoms with E-state index in [1.807, 2.05) is 12.1 Å². The van der Waals surface area contributed by atoms with Crippen molar-refractivity contribution in [3.05, 3.63) is 223 Å². The number of nitrogens with zero attached hydrogens (tertiary/aromatic N) is 4. The van der Waals surface area contributed by atoms with Crippen molar-refractivity contribution in [1.29, 1.82) is 0 Å². The molecule has 3 heterocycles. The Morgan fingerprint density at radius 3 is 1.47 bits per heavy atom. The minimum Gasteiger partial charge on any atom is -0.313 e. The molecule has 0 saturated carbocycles. The van der Waals surface area contributed by atoms with Gasteiger partial charge in [-0.1, -0.05) is 152 Å². The fourth-order valence-electron chi connectivity index (χ4n) is 9.74. The number of para-hydroxylation sites is 3. The first-order valence-electron chi connectivity index (χ1n) is 21.7. The number of allylic oxidation sites excluding steroid dienone is 8. The fraction of sp³-hybridized carbons (Fsp3) is 0.0690. The molecular weight excluding hydrogens is 753 g/mol. The lowest BCUT2D eigenvalue weighted by atomic mass is 9.88. The first kappa shape index (κ1) is 36.1. The molecule has 294 valence electrons. The van der Waals surface area contributed by atoms with Crippen molar-refractivity contribution in [2.24, 2.45) is 0 Å². The third kappa shape index (κ3) is 6.22. The fourth-order valence-corrected chi connectivity index (χ4v) is 9.74. The van der Waals surface area contributed by atoms with E-state index in [4.69, 9.17) is 9.97 Å². The molecule has 10 aromatic rings. The van der Waals surface area contributed by atoms with Gasteiger partial charge in [-0.15, -0.1) is 0 Å². The summed E-state index contributed by atoms with van der Waals surface area (Å²) in [5, 5.41) is 5.09. The second-order valence-electron chi connectivity index (χ2n) is 16.4. The van der Waals surface area contributed by atoms with Gasteiger partial charge in [0.2, 0.25) is 0 Å². The summed E-state index contributed by atoms with van der Waals surface area (Å²) in [6, 6.07) is 65.3. The number of hydrogen-bond donors (Lipinski definition) is 0. The van der Waals surface area contributed by atoms with Crippen LogP contribution in [0.25, 0.3) is 94.2 Å². The van der Waals surface area contributed by atoms with E-state index in [0.29, 0.717) is 0 Å². The highest BCUT2D eigenvalue weighted by Gasteiger charge is 2.21. The van der Waals surface area contributed by atoms with Crippen LogP contribution in [0.15, 0.2) is 217 Å². The minimum absolute atomic E-state index is 0.811. The summed E-state index contributed by atoms with van der Waals surface area (Å²) in [5.74, 6) is 0.811. The van der Waals surface area contributed by atoms with Crippen LogP contribution in [0.2, 0.25) is 0 Å². The normalized spacial score (nSPS) is 14.3.